The van der Waals surface area contributed by atoms with Crippen molar-refractivity contribution in [3.63, 3.8) is 0 Å². The molecule has 1 amide bonds. The van der Waals surface area contributed by atoms with Gasteiger partial charge in [-0.1, -0.05) is 133 Å². The molecule has 2 saturated heterocycles. The van der Waals surface area contributed by atoms with E-state index in [2.05, 4.69) is 5.32 Å². The van der Waals surface area contributed by atoms with Gasteiger partial charge in [-0.15, -0.1) is 0 Å². The Kier molecular flexibility index (Phi) is 19.8. The van der Waals surface area contributed by atoms with E-state index in [0.717, 1.165) is 11.1 Å². The molecule has 9 rings (SSSR count). The molecule has 18 heteroatoms. The zero-order valence-electron chi connectivity index (χ0n) is 44.2. The number of esters is 4. The van der Waals surface area contributed by atoms with Crippen molar-refractivity contribution in [2.45, 2.75) is 74.6 Å². The molecule has 0 unspecified atom stereocenters. The number of hydrogen-bond acceptors (Lipinski definition) is 17. The van der Waals surface area contributed by atoms with E-state index < -0.39 is 97.9 Å². The number of hydrogen-bond donors (Lipinski definition) is 1. The maximum Gasteiger partial charge on any atom is 0.407 e. The summed E-state index contributed by atoms with van der Waals surface area (Å²) in [5.41, 5.74) is 1.90. The Morgan fingerprint density at radius 3 is 1.36 bits per heavy atom. The highest BCUT2D eigenvalue weighted by atomic mass is 16.8. The molecule has 2 heterocycles. The second-order valence-electron chi connectivity index (χ2n) is 18.6. The van der Waals surface area contributed by atoms with Gasteiger partial charge in [-0.25, -0.2) is 24.0 Å². The topological polar surface area (TPSA) is 208 Å². The summed E-state index contributed by atoms with van der Waals surface area (Å²) < 4.78 is 76.0. The van der Waals surface area contributed by atoms with E-state index in [9.17, 15) is 24.0 Å². The van der Waals surface area contributed by atoms with Crippen LogP contribution in [0.15, 0.2) is 206 Å². The average molecular weight is 1100 g/mol. The minimum absolute atomic E-state index is 0.0596. The van der Waals surface area contributed by atoms with Gasteiger partial charge in [0.05, 0.1) is 36.0 Å². The zero-order valence-corrected chi connectivity index (χ0v) is 44.2. The van der Waals surface area contributed by atoms with Crippen molar-refractivity contribution < 1.29 is 80.8 Å². The number of rotatable bonds is 22. The number of alkyl carbamates (subject to hydrolysis) is 1. The molecule has 0 aliphatic carbocycles. The van der Waals surface area contributed by atoms with Crippen LogP contribution in [0.3, 0.4) is 0 Å². The Morgan fingerprint density at radius 1 is 0.420 bits per heavy atom. The quantitative estimate of drug-likeness (QED) is 0.0496. The summed E-state index contributed by atoms with van der Waals surface area (Å²) in [5, 5.41) is 2.89. The maximum atomic E-state index is 14.6. The minimum atomic E-state index is -1.84. The van der Waals surface area contributed by atoms with E-state index in [0.29, 0.717) is 11.5 Å². The van der Waals surface area contributed by atoms with Crippen molar-refractivity contribution >= 4 is 30.0 Å². The van der Waals surface area contributed by atoms with Gasteiger partial charge in [0.15, 0.2) is 30.9 Å². The highest BCUT2D eigenvalue weighted by Gasteiger charge is 2.57. The molecule has 2 aliphatic rings. The van der Waals surface area contributed by atoms with Gasteiger partial charge in [-0.05, 0) is 83.9 Å². The van der Waals surface area contributed by atoms with Crippen molar-refractivity contribution in [3.8, 4) is 11.5 Å². The third-order valence-corrected chi connectivity index (χ3v) is 13.2. The van der Waals surface area contributed by atoms with Crippen LogP contribution in [0.5, 0.6) is 11.5 Å². The fraction of sp³-hybridized carbons (Fsp3) is 0.254. The van der Waals surface area contributed by atoms with E-state index >= 15 is 0 Å². The Balaban J connectivity index is 1.16. The van der Waals surface area contributed by atoms with Gasteiger partial charge < -0.3 is 62.2 Å². The van der Waals surface area contributed by atoms with Gasteiger partial charge in [0.2, 0.25) is 0 Å². The molecule has 0 aromatic heterocycles. The number of amides is 1. The van der Waals surface area contributed by atoms with Crippen molar-refractivity contribution in [3.05, 3.63) is 240 Å². The van der Waals surface area contributed by atoms with Gasteiger partial charge in [-0.3, -0.25) is 0 Å². The lowest BCUT2D eigenvalue weighted by Crippen LogP contribution is -2.69. The van der Waals surface area contributed by atoms with Crippen LogP contribution in [0.1, 0.15) is 52.6 Å². The van der Waals surface area contributed by atoms with E-state index in [1.807, 2.05) is 48.5 Å². The van der Waals surface area contributed by atoms with E-state index in [-0.39, 0.29) is 42.1 Å². The summed E-state index contributed by atoms with van der Waals surface area (Å²) >= 11 is 0. The first-order valence-electron chi connectivity index (χ1n) is 26.0. The lowest BCUT2D eigenvalue weighted by molar-refractivity contribution is -0.347. The average Bonchev–Trinajstić information content (AvgIpc) is 3.69. The third kappa shape index (κ3) is 15.3. The fourth-order valence-corrected chi connectivity index (χ4v) is 9.06. The number of carbonyl (C=O) groups excluding carboxylic acids is 5. The molecular formula is C63H59NO17. The van der Waals surface area contributed by atoms with Crippen LogP contribution in [-0.4, -0.2) is 119 Å². The SMILES string of the molecule is COc1ccc(OC[C@H]2O[C@H](OC)[C@H](NC(=O)OCc3ccccc3)[C@@H](OCc3ccccc3)[C@@H]2O[C@@H]2O[C@H](COC(=O)c3ccccc3)[C@H](OC(=O)c3ccccc3)[C@H](OC(=O)c3ccccc3)[C@H]2OC(=O)c2ccccc2)cc1. The van der Waals surface area contributed by atoms with Crippen LogP contribution in [0.4, 0.5) is 4.79 Å². The van der Waals surface area contributed by atoms with Crippen molar-refractivity contribution in [2.24, 2.45) is 0 Å². The number of ether oxygens (including phenoxy) is 12. The van der Waals surface area contributed by atoms with Crippen molar-refractivity contribution in [1.29, 1.82) is 0 Å². The molecule has 418 valence electrons. The first-order valence-corrected chi connectivity index (χ1v) is 26.0. The predicted molar refractivity (Wildman–Crippen MR) is 290 cm³/mol. The highest BCUT2D eigenvalue weighted by Crippen LogP contribution is 2.36. The molecule has 7 aromatic rings. The van der Waals surface area contributed by atoms with Crippen LogP contribution in [0.25, 0.3) is 0 Å². The lowest BCUT2D eigenvalue weighted by atomic mass is 9.94. The minimum Gasteiger partial charge on any atom is -0.497 e. The third-order valence-electron chi connectivity index (χ3n) is 13.2. The first kappa shape index (κ1) is 56.8. The highest BCUT2D eigenvalue weighted by molar-refractivity contribution is 5.91. The Labute approximate surface area is 467 Å². The summed E-state index contributed by atoms with van der Waals surface area (Å²) in [6, 6.07) is 55.9. The standard InChI is InChI=1S/C63H59NO17/c1-70-47-33-35-48(36-34-47)72-39-49-52(54(73-37-41-21-9-3-10-22-41)51(61(71-2)76-49)64-63(69)75-38-42-23-11-4-12-24-42)81-62-56(80-60(68)46-31-19-8-20-32-46)55(79-59(67)45-29-17-7-18-30-45)53(78-58(66)44-27-15-6-16-28-44)50(77-62)40-74-57(65)43-25-13-5-14-26-43/h3-36,49-56,61-62H,37-40H2,1-2H3,(H,64,69)/t49-,50-,51-,52-,53+,54-,55+,56-,61+,62+/m1/s1. The first-order chi connectivity index (χ1) is 39.6. The van der Waals surface area contributed by atoms with E-state index in [1.54, 1.807) is 121 Å². The number of benzene rings is 7. The Morgan fingerprint density at radius 2 is 0.852 bits per heavy atom. The fourth-order valence-electron chi connectivity index (χ4n) is 9.06. The molecule has 0 bridgehead atoms. The maximum absolute atomic E-state index is 14.6. The Hall–Kier alpha value is -8.91. The number of methoxy groups -OCH3 is 2. The summed E-state index contributed by atoms with van der Waals surface area (Å²) in [4.78, 5) is 71.1. The summed E-state index contributed by atoms with van der Waals surface area (Å²) in [6.07, 6.45) is -14.7. The van der Waals surface area contributed by atoms with Gasteiger partial charge >= 0.3 is 30.0 Å². The van der Waals surface area contributed by atoms with Gasteiger partial charge in [0.25, 0.3) is 0 Å². The monoisotopic (exact) mass is 1100 g/mol. The molecule has 2 fully saturated rings. The molecule has 1 N–H and O–H groups in total. The molecule has 10 atom stereocenters. The molecule has 0 spiro atoms. The van der Waals surface area contributed by atoms with E-state index in [1.165, 1.54) is 50.6 Å². The van der Waals surface area contributed by atoms with Crippen LogP contribution in [0.2, 0.25) is 0 Å². The predicted octanol–water partition coefficient (Wildman–Crippen LogP) is 8.97. The smallest absolute Gasteiger partial charge is 0.407 e. The van der Waals surface area contributed by atoms with Gasteiger partial charge in [0.1, 0.15) is 61.8 Å². The van der Waals surface area contributed by atoms with Crippen LogP contribution in [-0.2, 0) is 60.6 Å². The molecule has 2 aliphatic heterocycles. The van der Waals surface area contributed by atoms with Gasteiger partial charge in [-0.2, -0.15) is 0 Å². The lowest BCUT2D eigenvalue weighted by Gasteiger charge is -2.49. The normalized spacial score (nSPS) is 22.2. The summed E-state index contributed by atoms with van der Waals surface area (Å²) in [7, 11) is 2.92. The second-order valence-corrected chi connectivity index (χ2v) is 18.6. The number of carbonyl (C=O) groups is 5. The largest absolute Gasteiger partial charge is 0.497 e. The molecule has 7 aromatic carbocycles. The zero-order chi connectivity index (χ0) is 56.3. The van der Waals surface area contributed by atoms with Crippen molar-refractivity contribution in [1.82, 2.24) is 5.32 Å². The van der Waals surface area contributed by atoms with E-state index in [4.69, 9.17) is 56.8 Å². The second kappa shape index (κ2) is 28.3. The summed E-state index contributed by atoms with van der Waals surface area (Å²) in [5.74, 6) is -2.52. The molecule has 81 heavy (non-hydrogen) atoms. The summed E-state index contributed by atoms with van der Waals surface area (Å²) in [6.45, 7) is -1.06. The Bertz CT molecular complexity index is 3110. The number of nitrogens with one attached hydrogen (secondary N) is 1. The van der Waals surface area contributed by atoms with Crippen LogP contribution >= 0.6 is 0 Å². The molecule has 0 saturated carbocycles. The molecular weight excluding hydrogens is 1040 g/mol. The van der Waals surface area contributed by atoms with Gasteiger partial charge in [0, 0.05) is 7.11 Å². The molecule has 0 radical (unpaired) electrons. The molecule has 18 nitrogen and oxygen atoms in total. The van der Waals surface area contributed by atoms with Crippen LogP contribution in [0, 0.1) is 0 Å². The van der Waals surface area contributed by atoms with Crippen LogP contribution < -0.4 is 14.8 Å². The van der Waals surface area contributed by atoms with Crippen molar-refractivity contribution in [2.75, 3.05) is 27.4 Å².